The highest BCUT2D eigenvalue weighted by Crippen LogP contribution is 2.34. The molecule has 0 aliphatic carbocycles. The van der Waals surface area contributed by atoms with Crippen LogP contribution >= 0.6 is 0 Å². The molecule has 1 aromatic heterocycles. The second kappa shape index (κ2) is 6.74. The highest BCUT2D eigenvalue weighted by Gasteiger charge is 2.47. The van der Waals surface area contributed by atoms with E-state index in [2.05, 4.69) is 14.7 Å². The molecule has 1 fully saturated rings. The van der Waals surface area contributed by atoms with Crippen LogP contribution in [-0.2, 0) is 9.47 Å². The number of aromatic nitrogens is 2. The van der Waals surface area contributed by atoms with Crippen LogP contribution in [0.4, 0.5) is 14.0 Å². The van der Waals surface area contributed by atoms with Gasteiger partial charge in [-0.2, -0.15) is 4.98 Å². The minimum atomic E-state index is -1.10. The lowest BCUT2D eigenvalue weighted by atomic mass is 10.0. The predicted octanol–water partition coefficient (Wildman–Crippen LogP) is 3.50. The second-order valence-corrected chi connectivity index (χ2v) is 6.75. The molecule has 0 radical (unpaired) electrons. The van der Waals surface area contributed by atoms with Crippen molar-refractivity contribution < 1.29 is 28.0 Å². The Bertz CT molecular complexity index is 786. The molecule has 3 rings (SSSR count). The summed E-state index contributed by atoms with van der Waals surface area (Å²) in [5.74, 6) is 0.400. The van der Waals surface area contributed by atoms with E-state index in [4.69, 9.17) is 9.47 Å². The average molecular weight is 363 g/mol. The molecule has 1 aliphatic rings. The molecule has 2 atom stereocenters. The first-order valence-corrected chi connectivity index (χ1v) is 7.95. The number of halogens is 1. The van der Waals surface area contributed by atoms with Crippen LogP contribution in [0.5, 0.6) is 0 Å². The average Bonchev–Trinajstić information content (AvgIpc) is 3.20. The van der Waals surface area contributed by atoms with Gasteiger partial charge in [0.25, 0.3) is 0 Å². The number of imide groups is 1. The fraction of sp³-hybridized carbons (Fsp3) is 0.412. The number of carbonyl (C=O) groups is 2. The van der Waals surface area contributed by atoms with Gasteiger partial charge in [0.1, 0.15) is 18.3 Å². The van der Waals surface area contributed by atoms with Gasteiger partial charge in [-0.1, -0.05) is 29.4 Å². The van der Waals surface area contributed by atoms with E-state index < -0.39 is 36.6 Å². The van der Waals surface area contributed by atoms with Crippen molar-refractivity contribution in [2.24, 2.45) is 0 Å². The fourth-order valence-corrected chi connectivity index (χ4v) is 2.60. The lowest BCUT2D eigenvalue weighted by Gasteiger charge is -2.25. The minimum absolute atomic E-state index is 0.400. The second-order valence-electron chi connectivity index (χ2n) is 6.75. The summed E-state index contributed by atoms with van der Waals surface area (Å²) in [5.41, 5.74) is 0.412. The standard InChI is InChI=1S/C17H18FN3O5/c1-17(2,3)26-16(23)21-12(8-18)13(25-15(21)22)10-4-6-11(7-5-10)14-19-9-24-20-14/h4-7,9,12-13H,8H2,1-3H3. The number of hydrogen-bond donors (Lipinski definition) is 0. The molecular weight excluding hydrogens is 345 g/mol. The molecule has 0 N–H and O–H groups in total. The number of benzene rings is 1. The topological polar surface area (TPSA) is 94.8 Å². The van der Waals surface area contributed by atoms with Gasteiger partial charge in [-0.15, -0.1) is 0 Å². The number of rotatable bonds is 3. The van der Waals surface area contributed by atoms with Crippen molar-refractivity contribution in [3.05, 3.63) is 36.2 Å². The maximum absolute atomic E-state index is 13.6. The molecule has 1 aliphatic heterocycles. The van der Waals surface area contributed by atoms with E-state index >= 15 is 0 Å². The molecule has 2 amide bonds. The Balaban J connectivity index is 1.82. The minimum Gasteiger partial charge on any atom is -0.443 e. The molecule has 1 aromatic carbocycles. The van der Waals surface area contributed by atoms with Crippen molar-refractivity contribution in [2.45, 2.75) is 38.5 Å². The molecule has 9 heteroatoms. The molecule has 26 heavy (non-hydrogen) atoms. The first-order valence-electron chi connectivity index (χ1n) is 7.95. The number of amides is 2. The first-order chi connectivity index (χ1) is 12.3. The van der Waals surface area contributed by atoms with E-state index in [1.807, 2.05) is 0 Å². The molecule has 8 nitrogen and oxygen atoms in total. The highest BCUT2D eigenvalue weighted by atomic mass is 19.1. The third-order valence-corrected chi connectivity index (χ3v) is 3.71. The van der Waals surface area contributed by atoms with Crippen molar-refractivity contribution in [3.8, 4) is 11.4 Å². The molecule has 2 aromatic rings. The van der Waals surface area contributed by atoms with Gasteiger partial charge in [0, 0.05) is 5.56 Å². The molecule has 2 heterocycles. The molecular formula is C17H18FN3O5. The summed E-state index contributed by atoms with van der Waals surface area (Å²) in [5, 5.41) is 3.73. The van der Waals surface area contributed by atoms with Crippen molar-refractivity contribution >= 4 is 12.2 Å². The van der Waals surface area contributed by atoms with Crippen molar-refractivity contribution in [1.29, 1.82) is 0 Å². The molecule has 0 saturated carbocycles. The maximum atomic E-state index is 13.6. The summed E-state index contributed by atoms with van der Waals surface area (Å²) in [4.78, 5) is 29.0. The van der Waals surface area contributed by atoms with E-state index in [-0.39, 0.29) is 0 Å². The summed E-state index contributed by atoms with van der Waals surface area (Å²) in [6.07, 6.45) is -1.59. The lowest BCUT2D eigenvalue weighted by molar-refractivity contribution is 0.0269. The van der Waals surface area contributed by atoms with Crippen molar-refractivity contribution in [1.82, 2.24) is 15.0 Å². The quantitative estimate of drug-likeness (QED) is 0.823. The van der Waals surface area contributed by atoms with Gasteiger partial charge < -0.3 is 14.0 Å². The third-order valence-electron chi connectivity index (χ3n) is 3.71. The maximum Gasteiger partial charge on any atom is 0.420 e. The Labute approximate surface area is 148 Å². The summed E-state index contributed by atoms with van der Waals surface area (Å²) >= 11 is 0. The number of ether oxygens (including phenoxy) is 2. The van der Waals surface area contributed by atoms with Crippen LogP contribution in [0.15, 0.2) is 35.2 Å². The van der Waals surface area contributed by atoms with Crippen LogP contribution in [0.1, 0.15) is 32.4 Å². The van der Waals surface area contributed by atoms with Gasteiger partial charge in [0.2, 0.25) is 12.2 Å². The van der Waals surface area contributed by atoms with Crippen molar-refractivity contribution in [3.63, 3.8) is 0 Å². The third kappa shape index (κ3) is 3.51. The highest BCUT2D eigenvalue weighted by molar-refractivity contribution is 5.90. The number of nitrogens with zero attached hydrogens (tertiary/aromatic N) is 3. The Kier molecular flexibility index (Phi) is 4.62. The van der Waals surface area contributed by atoms with Gasteiger partial charge in [0.05, 0.1) is 0 Å². The Hall–Kier alpha value is -2.97. The Morgan fingerprint density at radius 1 is 1.31 bits per heavy atom. The van der Waals surface area contributed by atoms with Crippen LogP contribution < -0.4 is 0 Å². The van der Waals surface area contributed by atoms with Crippen LogP contribution in [0.2, 0.25) is 0 Å². The molecule has 138 valence electrons. The van der Waals surface area contributed by atoms with Crippen LogP contribution in [0, 0.1) is 0 Å². The Morgan fingerprint density at radius 2 is 2.00 bits per heavy atom. The Morgan fingerprint density at radius 3 is 2.54 bits per heavy atom. The number of alkyl halides is 1. The summed E-state index contributed by atoms with van der Waals surface area (Å²) in [6, 6.07) is 5.60. The smallest absolute Gasteiger partial charge is 0.420 e. The first kappa shape index (κ1) is 17.8. The SMILES string of the molecule is CC(C)(C)OC(=O)N1C(=O)OC(c2ccc(-c3ncon3)cc2)C1CF. The van der Waals surface area contributed by atoms with Crippen LogP contribution in [-0.4, -0.2) is 45.5 Å². The lowest BCUT2D eigenvalue weighted by Crippen LogP contribution is -2.43. The number of hydrogen-bond acceptors (Lipinski definition) is 7. The van der Waals surface area contributed by atoms with E-state index in [0.717, 1.165) is 0 Å². The summed E-state index contributed by atoms with van der Waals surface area (Å²) in [7, 11) is 0. The zero-order valence-electron chi connectivity index (χ0n) is 14.5. The zero-order valence-corrected chi connectivity index (χ0v) is 14.5. The van der Waals surface area contributed by atoms with Gasteiger partial charge in [-0.05, 0) is 26.3 Å². The van der Waals surface area contributed by atoms with Crippen LogP contribution in [0.3, 0.4) is 0 Å². The number of carbonyl (C=O) groups excluding carboxylic acids is 2. The molecule has 0 bridgehead atoms. The van der Waals surface area contributed by atoms with E-state index in [0.29, 0.717) is 21.9 Å². The summed E-state index contributed by atoms with van der Waals surface area (Å²) in [6.45, 7) is 4.02. The van der Waals surface area contributed by atoms with E-state index in [1.165, 1.54) is 6.39 Å². The van der Waals surface area contributed by atoms with Gasteiger partial charge in [-0.3, -0.25) is 0 Å². The van der Waals surface area contributed by atoms with Crippen molar-refractivity contribution in [2.75, 3.05) is 6.67 Å². The fourth-order valence-electron chi connectivity index (χ4n) is 2.60. The molecule has 0 spiro atoms. The molecule has 2 unspecified atom stereocenters. The van der Waals surface area contributed by atoms with E-state index in [9.17, 15) is 14.0 Å². The monoisotopic (exact) mass is 363 g/mol. The van der Waals surface area contributed by atoms with Gasteiger partial charge in [0.15, 0.2) is 6.10 Å². The van der Waals surface area contributed by atoms with Gasteiger partial charge in [-0.25, -0.2) is 18.9 Å². The van der Waals surface area contributed by atoms with Crippen LogP contribution in [0.25, 0.3) is 11.4 Å². The molecule has 1 saturated heterocycles. The zero-order chi connectivity index (χ0) is 18.9. The predicted molar refractivity (Wildman–Crippen MR) is 86.8 cm³/mol. The van der Waals surface area contributed by atoms with E-state index in [1.54, 1.807) is 45.0 Å². The largest absolute Gasteiger partial charge is 0.443 e. The normalized spacial score (nSPS) is 20.2. The van der Waals surface area contributed by atoms with Gasteiger partial charge >= 0.3 is 12.2 Å². The summed E-state index contributed by atoms with van der Waals surface area (Å²) < 4.78 is 28.7. The number of cyclic esters (lactones) is 1.